The van der Waals surface area contributed by atoms with Gasteiger partial charge in [0.15, 0.2) is 0 Å². The van der Waals surface area contributed by atoms with E-state index in [4.69, 9.17) is 4.52 Å². The molecule has 0 spiro atoms. The molecule has 0 aliphatic carbocycles. The quantitative estimate of drug-likeness (QED) is 0.885. The number of rotatable bonds is 2. The highest BCUT2D eigenvalue weighted by atomic mass is 32.1. The standard InChI is InChI=1S/C12H15N3OS/c1-9-2-7-17-12(9)10-8-11(16-14-10)15-5-3-13-4-6-15/h2,7-8,13H,3-6H2,1H3. The van der Waals surface area contributed by atoms with Gasteiger partial charge in [0, 0.05) is 32.2 Å². The summed E-state index contributed by atoms with van der Waals surface area (Å²) in [6, 6.07) is 4.16. The molecule has 17 heavy (non-hydrogen) atoms. The van der Waals surface area contributed by atoms with Gasteiger partial charge >= 0.3 is 0 Å². The van der Waals surface area contributed by atoms with Crippen molar-refractivity contribution >= 4 is 17.2 Å². The molecular formula is C12H15N3OS. The lowest BCUT2D eigenvalue weighted by Crippen LogP contribution is -2.43. The van der Waals surface area contributed by atoms with Crippen LogP contribution < -0.4 is 10.2 Å². The first-order valence-electron chi connectivity index (χ1n) is 5.81. The van der Waals surface area contributed by atoms with Gasteiger partial charge in [-0.25, -0.2) is 0 Å². The molecule has 3 rings (SSSR count). The summed E-state index contributed by atoms with van der Waals surface area (Å²) in [7, 11) is 0. The normalized spacial score (nSPS) is 16.4. The number of aromatic nitrogens is 1. The molecule has 0 saturated carbocycles. The van der Waals surface area contributed by atoms with Crippen molar-refractivity contribution in [1.82, 2.24) is 10.5 Å². The summed E-state index contributed by atoms with van der Waals surface area (Å²) in [6.45, 7) is 6.09. The van der Waals surface area contributed by atoms with Crippen molar-refractivity contribution in [2.24, 2.45) is 0 Å². The molecule has 0 amide bonds. The molecular weight excluding hydrogens is 234 g/mol. The number of aryl methyl sites for hydroxylation is 1. The predicted octanol–water partition coefficient (Wildman–Crippen LogP) is 2.12. The Morgan fingerprint density at radius 2 is 2.24 bits per heavy atom. The molecule has 1 fully saturated rings. The molecule has 1 saturated heterocycles. The van der Waals surface area contributed by atoms with Crippen LogP contribution in [0.1, 0.15) is 5.56 Å². The first-order valence-corrected chi connectivity index (χ1v) is 6.69. The molecule has 0 unspecified atom stereocenters. The number of nitrogens with one attached hydrogen (secondary N) is 1. The van der Waals surface area contributed by atoms with E-state index in [2.05, 4.69) is 33.7 Å². The third kappa shape index (κ3) is 2.08. The van der Waals surface area contributed by atoms with Crippen molar-refractivity contribution < 1.29 is 4.52 Å². The summed E-state index contributed by atoms with van der Waals surface area (Å²) in [5, 5.41) is 9.58. The Kier molecular flexibility index (Phi) is 2.86. The van der Waals surface area contributed by atoms with Gasteiger partial charge in [-0.05, 0) is 23.9 Å². The molecule has 4 nitrogen and oxygen atoms in total. The van der Waals surface area contributed by atoms with E-state index >= 15 is 0 Å². The Labute approximate surface area is 104 Å². The zero-order chi connectivity index (χ0) is 11.7. The smallest absolute Gasteiger partial charge is 0.227 e. The van der Waals surface area contributed by atoms with E-state index < -0.39 is 0 Å². The number of nitrogens with zero attached hydrogens (tertiary/aromatic N) is 2. The van der Waals surface area contributed by atoms with E-state index in [0.717, 1.165) is 37.8 Å². The predicted molar refractivity (Wildman–Crippen MR) is 69.6 cm³/mol. The van der Waals surface area contributed by atoms with E-state index in [0.29, 0.717) is 0 Å². The third-order valence-corrected chi connectivity index (χ3v) is 4.06. The highest BCUT2D eigenvalue weighted by Crippen LogP contribution is 2.30. The van der Waals surface area contributed by atoms with Gasteiger partial charge in [0.05, 0.1) is 4.88 Å². The lowest BCUT2D eigenvalue weighted by Gasteiger charge is -2.25. The summed E-state index contributed by atoms with van der Waals surface area (Å²) in [5.74, 6) is 0.884. The van der Waals surface area contributed by atoms with Crippen LogP contribution in [0.25, 0.3) is 10.6 Å². The van der Waals surface area contributed by atoms with Crippen LogP contribution in [-0.4, -0.2) is 31.3 Å². The molecule has 3 heterocycles. The molecule has 2 aromatic heterocycles. The van der Waals surface area contributed by atoms with Gasteiger partial charge in [0.1, 0.15) is 5.69 Å². The molecule has 5 heteroatoms. The summed E-state index contributed by atoms with van der Waals surface area (Å²) in [5.41, 5.74) is 2.21. The minimum Gasteiger partial charge on any atom is -0.338 e. The number of hydrogen-bond donors (Lipinski definition) is 1. The molecule has 0 bridgehead atoms. The maximum absolute atomic E-state index is 5.44. The van der Waals surface area contributed by atoms with Crippen LogP contribution >= 0.6 is 11.3 Å². The molecule has 2 aromatic rings. The monoisotopic (exact) mass is 249 g/mol. The second-order valence-electron chi connectivity index (χ2n) is 4.22. The average Bonchev–Trinajstić information content (AvgIpc) is 2.98. The van der Waals surface area contributed by atoms with E-state index in [-0.39, 0.29) is 0 Å². The first kappa shape index (κ1) is 10.8. The second-order valence-corrected chi connectivity index (χ2v) is 5.14. The van der Waals surface area contributed by atoms with Crippen LogP contribution in [0.15, 0.2) is 22.0 Å². The zero-order valence-electron chi connectivity index (χ0n) is 9.77. The molecule has 0 atom stereocenters. The largest absolute Gasteiger partial charge is 0.338 e. The lowest BCUT2D eigenvalue weighted by molar-refractivity contribution is 0.409. The minimum atomic E-state index is 0.884. The Morgan fingerprint density at radius 1 is 1.41 bits per heavy atom. The number of thiophene rings is 1. The number of piperazine rings is 1. The minimum absolute atomic E-state index is 0.884. The molecule has 1 aliphatic rings. The van der Waals surface area contributed by atoms with Crippen LogP contribution in [0.2, 0.25) is 0 Å². The zero-order valence-corrected chi connectivity index (χ0v) is 10.6. The summed E-state index contributed by atoms with van der Waals surface area (Å²) in [4.78, 5) is 3.44. The topological polar surface area (TPSA) is 41.3 Å². The van der Waals surface area contributed by atoms with Crippen molar-refractivity contribution in [1.29, 1.82) is 0 Å². The number of hydrogen-bond acceptors (Lipinski definition) is 5. The van der Waals surface area contributed by atoms with Crippen LogP contribution in [0, 0.1) is 6.92 Å². The van der Waals surface area contributed by atoms with Crippen molar-refractivity contribution in [3.63, 3.8) is 0 Å². The lowest BCUT2D eigenvalue weighted by atomic mass is 10.2. The van der Waals surface area contributed by atoms with Crippen LogP contribution in [0.3, 0.4) is 0 Å². The second kappa shape index (κ2) is 4.50. The van der Waals surface area contributed by atoms with E-state index in [1.165, 1.54) is 10.4 Å². The SMILES string of the molecule is Cc1ccsc1-c1cc(N2CCNCC2)on1. The maximum atomic E-state index is 5.44. The molecule has 0 radical (unpaired) electrons. The van der Waals surface area contributed by atoms with Crippen molar-refractivity contribution in [2.75, 3.05) is 31.1 Å². The van der Waals surface area contributed by atoms with Gasteiger partial charge in [-0.15, -0.1) is 11.3 Å². The fourth-order valence-electron chi connectivity index (χ4n) is 2.04. The average molecular weight is 249 g/mol. The van der Waals surface area contributed by atoms with Crippen LogP contribution in [0.5, 0.6) is 0 Å². The highest BCUT2D eigenvalue weighted by molar-refractivity contribution is 7.13. The molecule has 90 valence electrons. The summed E-state index contributed by atoms with van der Waals surface area (Å²) < 4.78 is 5.44. The number of anilines is 1. The highest BCUT2D eigenvalue weighted by Gasteiger charge is 2.16. The van der Waals surface area contributed by atoms with Crippen molar-refractivity contribution in [3.05, 3.63) is 23.1 Å². The van der Waals surface area contributed by atoms with Gasteiger partial charge in [0.25, 0.3) is 0 Å². The summed E-state index contributed by atoms with van der Waals surface area (Å²) >= 11 is 1.71. The van der Waals surface area contributed by atoms with Crippen LogP contribution in [0.4, 0.5) is 5.88 Å². The Morgan fingerprint density at radius 3 is 2.94 bits per heavy atom. The Bertz CT molecular complexity index is 499. The van der Waals surface area contributed by atoms with E-state index in [1.54, 1.807) is 11.3 Å². The summed E-state index contributed by atoms with van der Waals surface area (Å²) in [6.07, 6.45) is 0. The Balaban J connectivity index is 1.85. The van der Waals surface area contributed by atoms with Gasteiger partial charge in [-0.1, -0.05) is 5.16 Å². The Hall–Kier alpha value is -1.33. The molecule has 1 aliphatic heterocycles. The first-order chi connectivity index (χ1) is 8.34. The fourth-order valence-corrected chi connectivity index (χ4v) is 2.92. The van der Waals surface area contributed by atoms with Crippen LogP contribution in [-0.2, 0) is 0 Å². The van der Waals surface area contributed by atoms with E-state index in [1.807, 2.05) is 6.07 Å². The van der Waals surface area contributed by atoms with Gasteiger partial charge in [-0.3, -0.25) is 0 Å². The van der Waals surface area contributed by atoms with Crippen molar-refractivity contribution in [2.45, 2.75) is 6.92 Å². The van der Waals surface area contributed by atoms with Gasteiger partial charge < -0.3 is 14.7 Å². The van der Waals surface area contributed by atoms with E-state index in [9.17, 15) is 0 Å². The maximum Gasteiger partial charge on any atom is 0.227 e. The fraction of sp³-hybridized carbons (Fsp3) is 0.417. The molecule has 1 N–H and O–H groups in total. The van der Waals surface area contributed by atoms with Gasteiger partial charge in [-0.2, -0.15) is 0 Å². The molecule has 0 aromatic carbocycles. The van der Waals surface area contributed by atoms with Gasteiger partial charge in [0.2, 0.25) is 5.88 Å². The third-order valence-electron chi connectivity index (χ3n) is 3.02. The van der Waals surface area contributed by atoms with Crippen molar-refractivity contribution in [3.8, 4) is 10.6 Å².